The van der Waals surface area contributed by atoms with Gasteiger partial charge in [0, 0.05) is 5.56 Å². The van der Waals surface area contributed by atoms with Crippen molar-refractivity contribution in [3.05, 3.63) is 59.7 Å². The van der Waals surface area contributed by atoms with E-state index in [1.807, 2.05) is 0 Å². The molecule has 2 N–H and O–H groups in total. The molecule has 0 aromatic heterocycles. The number of phenolic OH excluding ortho intramolecular Hbond substituents is 1. The molecule has 0 heterocycles. The van der Waals surface area contributed by atoms with Crippen LogP contribution in [-0.2, 0) is 0 Å². The second-order valence-electron chi connectivity index (χ2n) is 3.60. The maximum atomic E-state index is 13.3. The summed E-state index contributed by atoms with van der Waals surface area (Å²) in [5.74, 6) is -2.34. The lowest BCUT2D eigenvalue weighted by Gasteiger charge is -2.07. The summed E-state index contributed by atoms with van der Waals surface area (Å²) in [4.78, 5) is 11.7. The fourth-order valence-corrected chi connectivity index (χ4v) is 1.42. The predicted octanol–water partition coefficient (Wildman–Crippen LogP) is 2.92. The maximum Gasteiger partial charge on any atom is 0.255 e. The Bertz CT molecular complexity index is 562. The van der Waals surface area contributed by atoms with E-state index in [2.05, 4.69) is 5.32 Å². The van der Waals surface area contributed by atoms with Crippen molar-refractivity contribution >= 4 is 11.6 Å². The number of hydrogen-bond acceptors (Lipinski definition) is 2. The number of aromatic hydroxyl groups is 1. The van der Waals surface area contributed by atoms with Gasteiger partial charge in [-0.3, -0.25) is 4.79 Å². The standard InChI is InChI=1S/C13H9F2NO2/c14-10-2-1-3-11(15)12(10)16-13(18)8-4-6-9(17)7-5-8/h1-7,17H,(H,16,18). The molecule has 0 fully saturated rings. The molecular formula is C13H9F2NO2. The van der Waals surface area contributed by atoms with Gasteiger partial charge in [0.15, 0.2) is 0 Å². The molecule has 18 heavy (non-hydrogen) atoms. The molecule has 0 saturated heterocycles. The van der Waals surface area contributed by atoms with Gasteiger partial charge >= 0.3 is 0 Å². The third-order valence-corrected chi connectivity index (χ3v) is 2.33. The van der Waals surface area contributed by atoms with Gasteiger partial charge in [0.1, 0.15) is 23.1 Å². The van der Waals surface area contributed by atoms with Crippen molar-refractivity contribution in [2.24, 2.45) is 0 Å². The first-order chi connectivity index (χ1) is 8.58. The van der Waals surface area contributed by atoms with Gasteiger partial charge in [-0.1, -0.05) is 6.07 Å². The van der Waals surface area contributed by atoms with Crippen LogP contribution in [0.3, 0.4) is 0 Å². The van der Waals surface area contributed by atoms with Crippen LogP contribution in [0.5, 0.6) is 5.75 Å². The van der Waals surface area contributed by atoms with Crippen molar-refractivity contribution in [1.82, 2.24) is 0 Å². The molecule has 3 nitrogen and oxygen atoms in total. The van der Waals surface area contributed by atoms with Gasteiger partial charge in [0.2, 0.25) is 0 Å². The zero-order valence-electron chi connectivity index (χ0n) is 9.15. The highest BCUT2D eigenvalue weighted by Crippen LogP contribution is 2.19. The van der Waals surface area contributed by atoms with E-state index in [9.17, 15) is 13.6 Å². The van der Waals surface area contributed by atoms with Gasteiger partial charge in [-0.05, 0) is 36.4 Å². The fourth-order valence-electron chi connectivity index (χ4n) is 1.42. The van der Waals surface area contributed by atoms with Gasteiger partial charge in [0.05, 0.1) is 0 Å². The van der Waals surface area contributed by atoms with Crippen LogP contribution in [0.15, 0.2) is 42.5 Å². The molecule has 5 heteroatoms. The number of carbonyl (C=O) groups excluding carboxylic acids is 1. The quantitative estimate of drug-likeness (QED) is 0.859. The topological polar surface area (TPSA) is 49.3 Å². The van der Waals surface area contributed by atoms with Crippen LogP contribution < -0.4 is 5.32 Å². The Balaban J connectivity index is 2.24. The van der Waals surface area contributed by atoms with Crippen LogP contribution in [0.25, 0.3) is 0 Å². The van der Waals surface area contributed by atoms with Gasteiger partial charge in [-0.2, -0.15) is 0 Å². The number of nitrogens with one attached hydrogen (secondary N) is 1. The third-order valence-electron chi connectivity index (χ3n) is 2.33. The maximum absolute atomic E-state index is 13.3. The summed E-state index contributed by atoms with van der Waals surface area (Å²) >= 11 is 0. The molecule has 92 valence electrons. The SMILES string of the molecule is O=C(Nc1c(F)cccc1F)c1ccc(O)cc1. The lowest BCUT2D eigenvalue weighted by Crippen LogP contribution is -2.14. The smallest absolute Gasteiger partial charge is 0.255 e. The second-order valence-corrected chi connectivity index (χ2v) is 3.60. The summed E-state index contributed by atoms with van der Waals surface area (Å²) in [6.07, 6.45) is 0. The summed E-state index contributed by atoms with van der Waals surface area (Å²) < 4.78 is 26.6. The molecule has 0 radical (unpaired) electrons. The van der Waals surface area contributed by atoms with E-state index in [-0.39, 0.29) is 11.3 Å². The fraction of sp³-hybridized carbons (Fsp3) is 0. The van der Waals surface area contributed by atoms with Gasteiger partial charge in [-0.15, -0.1) is 0 Å². The summed E-state index contributed by atoms with van der Waals surface area (Å²) in [7, 11) is 0. The van der Waals surface area contributed by atoms with E-state index in [1.165, 1.54) is 30.3 Å². The zero-order valence-corrected chi connectivity index (χ0v) is 9.15. The van der Waals surface area contributed by atoms with Crippen molar-refractivity contribution in [2.45, 2.75) is 0 Å². The highest BCUT2D eigenvalue weighted by atomic mass is 19.1. The van der Waals surface area contributed by atoms with E-state index in [4.69, 9.17) is 5.11 Å². The molecule has 2 aromatic carbocycles. The summed E-state index contributed by atoms with van der Waals surface area (Å²) in [5.41, 5.74) is -0.300. The first-order valence-corrected chi connectivity index (χ1v) is 5.12. The van der Waals surface area contributed by atoms with Crippen molar-refractivity contribution in [3.63, 3.8) is 0 Å². The molecule has 0 spiro atoms. The number of carbonyl (C=O) groups is 1. The van der Waals surface area contributed by atoms with Gasteiger partial charge < -0.3 is 10.4 Å². The van der Waals surface area contributed by atoms with Crippen LogP contribution in [0.4, 0.5) is 14.5 Å². The molecule has 0 unspecified atom stereocenters. The molecule has 0 saturated carbocycles. The highest BCUT2D eigenvalue weighted by molar-refractivity contribution is 6.04. The molecule has 2 aromatic rings. The van der Waals surface area contributed by atoms with Crippen molar-refractivity contribution in [2.75, 3.05) is 5.32 Å². The van der Waals surface area contributed by atoms with Crippen LogP contribution in [0.2, 0.25) is 0 Å². The Hall–Kier alpha value is -2.43. The third kappa shape index (κ3) is 2.45. The number of phenols is 1. The van der Waals surface area contributed by atoms with Crippen LogP contribution >= 0.6 is 0 Å². The van der Waals surface area contributed by atoms with E-state index in [0.717, 1.165) is 12.1 Å². The molecule has 0 bridgehead atoms. The Morgan fingerprint density at radius 1 is 1.00 bits per heavy atom. The Labute approximate surface area is 102 Å². The lowest BCUT2D eigenvalue weighted by molar-refractivity contribution is 0.102. The van der Waals surface area contributed by atoms with Crippen molar-refractivity contribution in [3.8, 4) is 5.75 Å². The molecule has 0 aliphatic rings. The van der Waals surface area contributed by atoms with E-state index >= 15 is 0 Å². The number of anilines is 1. The number of amides is 1. The normalized spacial score (nSPS) is 10.1. The minimum atomic E-state index is -0.845. The number of benzene rings is 2. The number of halogens is 2. The number of rotatable bonds is 2. The average Bonchev–Trinajstić information content (AvgIpc) is 2.34. The Morgan fingerprint density at radius 2 is 1.56 bits per heavy atom. The van der Waals surface area contributed by atoms with E-state index in [1.54, 1.807) is 0 Å². The first kappa shape index (κ1) is 12.0. The lowest BCUT2D eigenvalue weighted by atomic mass is 10.2. The van der Waals surface area contributed by atoms with Crippen molar-refractivity contribution in [1.29, 1.82) is 0 Å². The predicted molar refractivity (Wildman–Crippen MR) is 62.4 cm³/mol. The summed E-state index contributed by atoms with van der Waals surface area (Å²) in [6, 6.07) is 8.64. The molecule has 0 aliphatic carbocycles. The van der Waals surface area contributed by atoms with Crippen LogP contribution in [0, 0.1) is 11.6 Å². The Kier molecular flexibility index (Phi) is 3.23. The van der Waals surface area contributed by atoms with Crippen LogP contribution in [0.1, 0.15) is 10.4 Å². The molecule has 0 atom stereocenters. The molecule has 0 aliphatic heterocycles. The minimum Gasteiger partial charge on any atom is -0.508 e. The monoisotopic (exact) mass is 249 g/mol. The highest BCUT2D eigenvalue weighted by Gasteiger charge is 2.13. The summed E-state index contributed by atoms with van der Waals surface area (Å²) in [5, 5.41) is 11.2. The van der Waals surface area contributed by atoms with E-state index < -0.39 is 23.2 Å². The number of para-hydroxylation sites is 1. The first-order valence-electron chi connectivity index (χ1n) is 5.12. The number of hydrogen-bond donors (Lipinski definition) is 2. The van der Waals surface area contributed by atoms with Gasteiger partial charge in [-0.25, -0.2) is 8.78 Å². The van der Waals surface area contributed by atoms with E-state index in [0.29, 0.717) is 0 Å². The minimum absolute atomic E-state index is 0.00335. The van der Waals surface area contributed by atoms with Crippen molar-refractivity contribution < 1.29 is 18.7 Å². The van der Waals surface area contributed by atoms with Gasteiger partial charge in [0.25, 0.3) is 5.91 Å². The molecule has 2 rings (SSSR count). The molecular weight excluding hydrogens is 240 g/mol. The Morgan fingerprint density at radius 3 is 2.11 bits per heavy atom. The average molecular weight is 249 g/mol. The van der Waals surface area contributed by atoms with Crippen LogP contribution in [-0.4, -0.2) is 11.0 Å². The summed E-state index contributed by atoms with van der Waals surface area (Å²) in [6.45, 7) is 0. The zero-order chi connectivity index (χ0) is 13.1. The molecule has 1 amide bonds. The second kappa shape index (κ2) is 4.83. The largest absolute Gasteiger partial charge is 0.508 e.